The van der Waals surface area contributed by atoms with Gasteiger partial charge in [0.1, 0.15) is 11.5 Å². The maximum Gasteiger partial charge on any atom is 0.224 e. The number of rotatable bonds is 8. The third-order valence-electron chi connectivity index (χ3n) is 4.28. The molecule has 8 nitrogen and oxygen atoms in total. The topological polar surface area (TPSA) is 103 Å². The van der Waals surface area contributed by atoms with E-state index < -0.39 is 0 Å². The zero-order valence-electron chi connectivity index (χ0n) is 17.0. The van der Waals surface area contributed by atoms with Crippen LogP contribution in [0.4, 0.5) is 11.4 Å². The summed E-state index contributed by atoms with van der Waals surface area (Å²) < 4.78 is 16.4. The van der Waals surface area contributed by atoms with E-state index in [2.05, 4.69) is 15.6 Å². The number of ether oxygens (including phenoxy) is 2. The molecule has 0 fully saturated rings. The van der Waals surface area contributed by atoms with Gasteiger partial charge in [-0.15, -0.1) is 0 Å². The number of amides is 2. The largest absolute Gasteiger partial charge is 0.497 e. The van der Waals surface area contributed by atoms with Crippen LogP contribution in [-0.4, -0.2) is 31.0 Å². The highest BCUT2D eigenvalue weighted by Gasteiger charge is 2.14. The molecule has 1 aromatic heterocycles. The van der Waals surface area contributed by atoms with E-state index in [4.69, 9.17) is 13.9 Å². The van der Waals surface area contributed by atoms with Crippen LogP contribution in [0.2, 0.25) is 0 Å². The number of aryl methyl sites for hydroxylation is 1. The predicted octanol–water partition coefficient (Wildman–Crippen LogP) is 3.89. The quantitative estimate of drug-likeness (QED) is 0.585. The Morgan fingerprint density at radius 2 is 1.70 bits per heavy atom. The second-order valence-corrected chi connectivity index (χ2v) is 6.49. The number of hydrogen-bond acceptors (Lipinski definition) is 6. The Morgan fingerprint density at radius 3 is 2.33 bits per heavy atom. The van der Waals surface area contributed by atoms with Crippen LogP contribution in [0.15, 0.2) is 53.1 Å². The molecule has 0 saturated heterocycles. The van der Waals surface area contributed by atoms with Crippen LogP contribution in [0.3, 0.4) is 0 Å². The van der Waals surface area contributed by atoms with Crippen molar-refractivity contribution in [1.82, 2.24) is 4.98 Å². The van der Waals surface area contributed by atoms with Crippen molar-refractivity contribution in [2.24, 2.45) is 0 Å². The number of benzene rings is 2. The van der Waals surface area contributed by atoms with Crippen molar-refractivity contribution in [2.45, 2.75) is 19.8 Å². The minimum atomic E-state index is -0.163. The van der Waals surface area contributed by atoms with Crippen molar-refractivity contribution in [1.29, 1.82) is 0 Å². The molecule has 2 N–H and O–H groups in total. The highest BCUT2D eigenvalue weighted by atomic mass is 16.5. The summed E-state index contributed by atoms with van der Waals surface area (Å²) in [6.07, 6.45) is 2.18. The molecule has 0 radical (unpaired) electrons. The number of carbonyl (C=O) groups excluding carboxylic acids is 2. The zero-order valence-corrected chi connectivity index (χ0v) is 17.0. The maximum atomic E-state index is 12.2. The molecule has 156 valence electrons. The van der Waals surface area contributed by atoms with Crippen molar-refractivity contribution in [3.63, 3.8) is 0 Å². The fourth-order valence-corrected chi connectivity index (χ4v) is 2.84. The van der Waals surface area contributed by atoms with Crippen LogP contribution in [-0.2, 0) is 16.0 Å². The Balaban J connectivity index is 1.57. The fraction of sp³-hybridized carbons (Fsp3) is 0.227. The molecule has 30 heavy (non-hydrogen) atoms. The molecular formula is C22H23N3O5. The van der Waals surface area contributed by atoms with Crippen LogP contribution in [0.5, 0.6) is 11.5 Å². The molecule has 2 aromatic carbocycles. The summed E-state index contributed by atoms with van der Waals surface area (Å²) in [4.78, 5) is 27.5. The molecule has 3 aromatic rings. The Labute approximate surface area is 174 Å². The van der Waals surface area contributed by atoms with Gasteiger partial charge in [0.05, 0.1) is 26.0 Å². The summed E-state index contributed by atoms with van der Waals surface area (Å²) in [5.74, 6) is 1.99. The van der Waals surface area contributed by atoms with Gasteiger partial charge < -0.3 is 24.5 Å². The van der Waals surface area contributed by atoms with Crippen LogP contribution < -0.4 is 20.1 Å². The summed E-state index contributed by atoms with van der Waals surface area (Å²) in [7, 11) is 3.16. The van der Waals surface area contributed by atoms with E-state index in [0.717, 1.165) is 5.56 Å². The van der Waals surface area contributed by atoms with Crippen molar-refractivity contribution in [2.75, 3.05) is 24.9 Å². The van der Waals surface area contributed by atoms with Gasteiger partial charge in [0, 0.05) is 37.2 Å². The molecule has 3 rings (SSSR count). The van der Waals surface area contributed by atoms with Gasteiger partial charge in [-0.25, -0.2) is 4.98 Å². The number of aromatic nitrogens is 1. The number of oxazole rings is 1. The first-order chi connectivity index (χ1) is 14.5. The average molecular weight is 409 g/mol. The summed E-state index contributed by atoms with van der Waals surface area (Å²) in [6, 6.07) is 12.3. The van der Waals surface area contributed by atoms with Gasteiger partial charge in [-0.3, -0.25) is 9.59 Å². The van der Waals surface area contributed by atoms with Crippen molar-refractivity contribution >= 4 is 23.2 Å². The molecule has 0 atom stereocenters. The number of nitrogens with one attached hydrogen (secondary N) is 2. The second-order valence-electron chi connectivity index (χ2n) is 6.49. The Morgan fingerprint density at radius 1 is 1.00 bits per heavy atom. The number of nitrogens with zero attached hydrogens (tertiary/aromatic N) is 1. The van der Waals surface area contributed by atoms with Gasteiger partial charge in [0.15, 0.2) is 11.7 Å². The molecule has 1 heterocycles. The van der Waals surface area contributed by atoms with E-state index in [1.54, 1.807) is 50.7 Å². The van der Waals surface area contributed by atoms with Crippen LogP contribution in [0.25, 0.3) is 11.3 Å². The summed E-state index contributed by atoms with van der Waals surface area (Å²) in [6.45, 7) is 1.44. The lowest BCUT2D eigenvalue weighted by Gasteiger charge is -2.08. The van der Waals surface area contributed by atoms with Crippen molar-refractivity contribution < 1.29 is 23.5 Å². The Bertz CT molecular complexity index is 1030. The molecule has 0 spiro atoms. The fourth-order valence-electron chi connectivity index (χ4n) is 2.84. The van der Waals surface area contributed by atoms with Crippen LogP contribution in [0, 0.1) is 0 Å². The van der Waals surface area contributed by atoms with E-state index >= 15 is 0 Å². The zero-order chi connectivity index (χ0) is 21.5. The molecular weight excluding hydrogens is 386 g/mol. The first kappa shape index (κ1) is 20.9. The highest BCUT2D eigenvalue weighted by molar-refractivity contribution is 5.92. The standard InChI is InChI=1S/C22H23N3O5/c1-14(26)24-15-4-6-16(7-5-15)25-21(27)10-11-22-23-13-20(30-22)18-9-8-17(28-2)12-19(18)29-3/h4-9,12-13H,10-11H2,1-3H3,(H,24,26)(H,25,27). The van der Waals surface area contributed by atoms with E-state index in [9.17, 15) is 9.59 Å². The molecule has 2 amide bonds. The third kappa shape index (κ3) is 5.38. The predicted molar refractivity (Wildman–Crippen MR) is 113 cm³/mol. The summed E-state index contributed by atoms with van der Waals surface area (Å²) in [5.41, 5.74) is 2.06. The molecule has 0 unspecified atom stereocenters. The Hall–Kier alpha value is -3.81. The molecule has 0 aliphatic carbocycles. The smallest absolute Gasteiger partial charge is 0.224 e. The summed E-state index contributed by atoms with van der Waals surface area (Å²) in [5, 5.41) is 5.48. The number of hydrogen-bond donors (Lipinski definition) is 2. The first-order valence-electron chi connectivity index (χ1n) is 9.33. The summed E-state index contributed by atoms with van der Waals surface area (Å²) >= 11 is 0. The van der Waals surface area contributed by atoms with Gasteiger partial charge in [-0.2, -0.15) is 0 Å². The lowest BCUT2D eigenvalue weighted by Crippen LogP contribution is -2.12. The number of anilines is 2. The van der Waals surface area contributed by atoms with Crippen LogP contribution >= 0.6 is 0 Å². The van der Waals surface area contributed by atoms with Gasteiger partial charge in [-0.05, 0) is 36.4 Å². The number of carbonyl (C=O) groups is 2. The maximum absolute atomic E-state index is 12.2. The normalized spacial score (nSPS) is 10.4. The van der Waals surface area contributed by atoms with Crippen LogP contribution in [0.1, 0.15) is 19.2 Å². The minimum absolute atomic E-state index is 0.149. The molecule has 0 aliphatic rings. The monoisotopic (exact) mass is 409 g/mol. The molecule has 0 saturated carbocycles. The second kappa shape index (κ2) is 9.60. The SMILES string of the molecule is COc1ccc(-c2cnc(CCC(=O)Nc3ccc(NC(C)=O)cc3)o2)c(OC)c1. The third-order valence-corrected chi connectivity index (χ3v) is 4.28. The van der Waals surface area contributed by atoms with Gasteiger partial charge in [-0.1, -0.05) is 0 Å². The highest BCUT2D eigenvalue weighted by Crippen LogP contribution is 2.33. The Kier molecular flexibility index (Phi) is 6.69. The lowest BCUT2D eigenvalue weighted by atomic mass is 10.1. The average Bonchev–Trinajstić information content (AvgIpc) is 3.21. The minimum Gasteiger partial charge on any atom is -0.497 e. The molecule has 0 aliphatic heterocycles. The van der Waals surface area contributed by atoms with E-state index in [1.807, 2.05) is 12.1 Å². The molecule has 0 bridgehead atoms. The van der Waals surface area contributed by atoms with Gasteiger partial charge >= 0.3 is 0 Å². The molecule has 8 heteroatoms. The van der Waals surface area contributed by atoms with E-state index in [1.165, 1.54) is 6.92 Å². The first-order valence-corrected chi connectivity index (χ1v) is 9.33. The van der Waals surface area contributed by atoms with Crippen molar-refractivity contribution in [3.8, 4) is 22.8 Å². The van der Waals surface area contributed by atoms with Gasteiger partial charge in [0.2, 0.25) is 11.8 Å². The van der Waals surface area contributed by atoms with Crippen molar-refractivity contribution in [3.05, 3.63) is 54.6 Å². The van der Waals surface area contributed by atoms with E-state index in [-0.39, 0.29) is 18.2 Å². The lowest BCUT2D eigenvalue weighted by molar-refractivity contribution is -0.116. The van der Waals surface area contributed by atoms with E-state index in [0.29, 0.717) is 40.9 Å². The number of methoxy groups -OCH3 is 2. The van der Waals surface area contributed by atoms with Gasteiger partial charge in [0.25, 0.3) is 0 Å².